The SMILES string of the molecule is N#Cc1cccc2c1N2C(=O)c1ccc2cccnc2c1O. The van der Waals surface area contributed by atoms with Gasteiger partial charge in [0.1, 0.15) is 11.6 Å². The molecule has 0 bridgehead atoms. The van der Waals surface area contributed by atoms with Crippen molar-refractivity contribution < 1.29 is 9.90 Å². The largest absolute Gasteiger partial charge is 0.505 e. The minimum atomic E-state index is -0.359. The summed E-state index contributed by atoms with van der Waals surface area (Å²) in [5.74, 6) is -0.498. The van der Waals surface area contributed by atoms with Crippen LogP contribution in [0.5, 0.6) is 5.75 Å². The summed E-state index contributed by atoms with van der Waals surface area (Å²) in [4.78, 5) is 18.2. The van der Waals surface area contributed by atoms with Gasteiger partial charge in [-0.05, 0) is 24.3 Å². The summed E-state index contributed by atoms with van der Waals surface area (Å²) in [6, 6.07) is 14.1. The maximum atomic E-state index is 12.6. The van der Waals surface area contributed by atoms with Gasteiger partial charge in [-0.15, -0.1) is 0 Å². The molecule has 1 aliphatic rings. The lowest BCUT2D eigenvalue weighted by atomic mass is 10.1. The second-order valence-electron chi connectivity index (χ2n) is 4.96. The number of pyridine rings is 1. The van der Waals surface area contributed by atoms with Gasteiger partial charge in [-0.2, -0.15) is 5.26 Å². The molecule has 0 atom stereocenters. The van der Waals surface area contributed by atoms with Crippen molar-refractivity contribution in [3.8, 4) is 11.8 Å². The van der Waals surface area contributed by atoms with Crippen molar-refractivity contribution in [1.82, 2.24) is 4.98 Å². The van der Waals surface area contributed by atoms with Crippen LogP contribution in [0.15, 0.2) is 48.7 Å². The van der Waals surface area contributed by atoms with Gasteiger partial charge in [0.25, 0.3) is 5.91 Å². The smallest absolute Gasteiger partial charge is 0.266 e. The zero-order chi connectivity index (χ0) is 15.3. The molecule has 0 spiro atoms. The van der Waals surface area contributed by atoms with Crippen molar-refractivity contribution in [3.05, 3.63) is 59.8 Å². The molecule has 0 radical (unpaired) electrons. The standard InChI is InChI=1S/C17H9N3O2/c18-9-11-3-1-5-13-15(11)20(13)17(22)12-7-6-10-4-2-8-19-14(10)16(12)21/h1-8,21H. The quantitative estimate of drug-likeness (QED) is 0.698. The van der Waals surface area contributed by atoms with Gasteiger partial charge in [-0.3, -0.25) is 14.7 Å². The van der Waals surface area contributed by atoms with Gasteiger partial charge in [0.05, 0.1) is 22.5 Å². The van der Waals surface area contributed by atoms with E-state index in [1.807, 2.05) is 6.07 Å². The molecule has 2 aromatic carbocycles. The van der Waals surface area contributed by atoms with E-state index in [1.165, 1.54) is 4.90 Å². The first-order valence-electron chi connectivity index (χ1n) is 6.66. The molecule has 0 unspecified atom stereocenters. The third-order valence-corrected chi connectivity index (χ3v) is 3.73. The number of aromatic nitrogens is 1. The highest BCUT2D eigenvalue weighted by Crippen LogP contribution is 2.51. The molecule has 0 saturated carbocycles. The van der Waals surface area contributed by atoms with Crippen LogP contribution in [-0.4, -0.2) is 16.0 Å². The molecule has 1 N–H and O–H groups in total. The number of phenols is 1. The summed E-state index contributed by atoms with van der Waals surface area (Å²) in [6.07, 6.45) is 1.57. The number of para-hydroxylation sites is 1. The second kappa shape index (κ2) is 4.30. The van der Waals surface area contributed by atoms with Crippen LogP contribution in [-0.2, 0) is 0 Å². The second-order valence-corrected chi connectivity index (χ2v) is 4.96. The van der Waals surface area contributed by atoms with E-state index >= 15 is 0 Å². The van der Waals surface area contributed by atoms with Gasteiger partial charge < -0.3 is 5.11 Å². The molecule has 0 aliphatic carbocycles. The van der Waals surface area contributed by atoms with Crippen molar-refractivity contribution in [2.75, 3.05) is 4.90 Å². The number of rotatable bonds is 1. The fourth-order valence-corrected chi connectivity index (χ4v) is 2.63. The Morgan fingerprint density at radius 2 is 2.05 bits per heavy atom. The molecule has 4 rings (SSSR count). The Kier molecular flexibility index (Phi) is 2.42. The van der Waals surface area contributed by atoms with Gasteiger partial charge in [-0.1, -0.05) is 18.2 Å². The number of amides is 1. The van der Waals surface area contributed by atoms with Crippen LogP contribution >= 0.6 is 0 Å². The Morgan fingerprint density at radius 1 is 1.18 bits per heavy atom. The molecule has 22 heavy (non-hydrogen) atoms. The van der Waals surface area contributed by atoms with Gasteiger partial charge in [0.2, 0.25) is 0 Å². The number of benzene rings is 2. The number of aromatic hydroxyl groups is 1. The average molecular weight is 287 g/mol. The fourth-order valence-electron chi connectivity index (χ4n) is 2.63. The number of nitriles is 1. The Hall–Kier alpha value is -3.39. The summed E-state index contributed by atoms with van der Waals surface area (Å²) < 4.78 is 0. The lowest BCUT2D eigenvalue weighted by molar-refractivity contribution is 0.100. The summed E-state index contributed by atoms with van der Waals surface area (Å²) in [5, 5.41) is 20.2. The Balaban J connectivity index is 1.80. The highest BCUT2D eigenvalue weighted by molar-refractivity contribution is 6.24. The van der Waals surface area contributed by atoms with Crippen LogP contribution in [0.2, 0.25) is 0 Å². The minimum absolute atomic E-state index is 0.139. The van der Waals surface area contributed by atoms with E-state index in [1.54, 1.807) is 42.6 Å². The summed E-state index contributed by atoms with van der Waals surface area (Å²) in [5.41, 5.74) is 2.32. The number of anilines is 2. The maximum Gasteiger partial charge on any atom is 0.266 e. The number of carbonyl (C=O) groups is 1. The minimum Gasteiger partial charge on any atom is -0.505 e. The first kappa shape index (κ1) is 12.4. The number of hydrogen-bond donors (Lipinski definition) is 1. The molecule has 1 amide bonds. The highest BCUT2D eigenvalue weighted by Gasteiger charge is 2.39. The van der Waals surface area contributed by atoms with Crippen LogP contribution < -0.4 is 4.90 Å². The number of phenolic OH excluding ortho intramolecular Hbond substituents is 1. The Labute approximate surface area is 125 Å². The average Bonchev–Trinajstić information content (AvgIpc) is 3.29. The fraction of sp³-hybridized carbons (Fsp3) is 0. The first-order chi connectivity index (χ1) is 10.7. The zero-order valence-electron chi connectivity index (χ0n) is 11.3. The third kappa shape index (κ3) is 1.58. The van der Waals surface area contributed by atoms with E-state index in [2.05, 4.69) is 11.1 Å². The normalized spacial score (nSPS) is 11.9. The number of fused-ring (bicyclic) bond motifs is 2. The molecule has 0 saturated heterocycles. The monoisotopic (exact) mass is 287 g/mol. The van der Waals surface area contributed by atoms with Crippen LogP contribution in [0, 0.1) is 11.3 Å². The molecule has 5 heteroatoms. The van der Waals surface area contributed by atoms with E-state index in [4.69, 9.17) is 5.26 Å². The lowest BCUT2D eigenvalue weighted by Gasteiger charge is -2.07. The predicted molar refractivity (Wildman–Crippen MR) is 81.0 cm³/mol. The van der Waals surface area contributed by atoms with Gasteiger partial charge >= 0.3 is 0 Å². The molecule has 5 nitrogen and oxygen atoms in total. The van der Waals surface area contributed by atoms with Crippen molar-refractivity contribution in [2.45, 2.75) is 0 Å². The van der Waals surface area contributed by atoms with Gasteiger partial charge in [-0.25, -0.2) is 0 Å². The third-order valence-electron chi connectivity index (χ3n) is 3.73. The van der Waals surface area contributed by atoms with E-state index < -0.39 is 0 Å². The molecule has 2 heterocycles. The molecule has 3 aromatic rings. The maximum absolute atomic E-state index is 12.6. The Morgan fingerprint density at radius 3 is 2.86 bits per heavy atom. The molecular formula is C17H9N3O2. The molecule has 1 aliphatic heterocycles. The number of nitrogens with zero attached hydrogens (tertiary/aromatic N) is 3. The highest BCUT2D eigenvalue weighted by atomic mass is 16.3. The van der Waals surface area contributed by atoms with E-state index in [0.717, 1.165) is 5.39 Å². The van der Waals surface area contributed by atoms with Crippen LogP contribution in [0.3, 0.4) is 0 Å². The number of carbonyl (C=O) groups excluding carboxylic acids is 1. The van der Waals surface area contributed by atoms with Crippen LogP contribution in [0.25, 0.3) is 10.9 Å². The summed E-state index contributed by atoms with van der Waals surface area (Å²) >= 11 is 0. The topological polar surface area (TPSA) is 77.0 Å². The van der Waals surface area contributed by atoms with E-state index in [-0.39, 0.29) is 17.2 Å². The molecule has 1 aromatic heterocycles. The van der Waals surface area contributed by atoms with Crippen LogP contribution in [0.1, 0.15) is 15.9 Å². The molecule has 104 valence electrons. The van der Waals surface area contributed by atoms with E-state index in [9.17, 15) is 9.90 Å². The molecule has 0 fully saturated rings. The first-order valence-corrected chi connectivity index (χ1v) is 6.66. The van der Waals surface area contributed by atoms with E-state index in [0.29, 0.717) is 22.5 Å². The van der Waals surface area contributed by atoms with Crippen LogP contribution in [0.4, 0.5) is 11.4 Å². The van der Waals surface area contributed by atoms with Crippen molar-refractivity contribution in [3.63, 3.8) is 0 Å². The predicted octanol–water partition coefficient (Wildman–Crippen LogP) is 3.10. The van der Waals surface area contributed by atoms with Gasteiger partial charge in [0, 0.05) is 11.6 Å². The molecular weight excluding hydrogens is 278 g/mol. The zero-order valence-corrected chi connectivity index (χ0v) is 11.3. The van der Waals surface area contributed by atoms with Crippen molar-refractivity contribution >= 4 is 28.2 Å². The van der Waals surface area contributed by atoms with Crippen molar-refractivity contribution in [2.24, 2.45) is 0 Å². The Bertz CT molecular complexity index is 989. The number of hydrogen-bond acceptors (Lipinski definition) is 4. The van der Waals surface area contributed by atoms with Gasteiger partial charge in [0.15, 0.2) is 5.75 Å². The summed E-state index contributed by atoms with van der Waals surface area (Å²) in [7, 11) is 0. The lowest BCUT2D eigenvalue weighted by Crippen LogP contribution is -2.13. The summed E-state index contributed by atoms with van der Waals surface area (Å²) in [6.45, 7) is 0. The van der Waals surface area contributed by atoms with Crippen molar-refractivity contribution in [1.29, 1.82) is 5.26 Å².